The number of nitrogens with one attached hydrogen (secondary N) is 1. The summed E-state index contributed by atoms with van der Waals surface area (Å²) in [7, 11) is 1.63. The summed E-state index contributed by atoms with van der Waals surface area (Å²) in [5.74, 6) is 2.50. The van der Waals surface area contributed by atoms with Crippen molar-refractivity contribution in [1.29, 1.82) is 0 Å². The Morgan fingerprint density at radius 1 is 1.09 bits per heavy atom. The van der Waals surface area contributed by atoms with Gasteiger partial charge < -0.3 is 10.1 Å². The van der Waals surface area contributed by atoms with E-state index in [0.29, 0.717) is 10.8 Å². The van der Waals surface area contributed by atoms with E-state index in [-0.39, 0.29) is 5.92 Å². The van der Waals surface area contributed by atoms with Crippen molar-refractivity contribution in [1.82, 2.24) is 9.97 Å². The summed E-state index contributed by atoms with van der Waals surface area (Å²) in [6, 6.07) is 13.4. The van der Waals surface area contributed by atoms with E-state index >= 15 is 0 Å². The number of ether oxygens (including phenoxy) is 1. The number of halogens is 1. The fraction of sp³-hybridized carbons (Fsp3) is 0.222. The number of hydrogen-bond acceptors (Lipinski definition) is 4. The summed E-state index contributed by atoms with van der Waals surface area (Å²) in [6.45, 7) is 4.15. The van der Waals surface area contributed by atoms with Crippen LogP contribution in [0.1, 0.15) is 25.6 Å². The van der Waals surface area contributed by atoms with Crippen LogP contribution < -0.4 is 10.1 Å². The summed E-state index contributed by atoms with van der Waals surface area (Å²) in [5, 5.41) is 4.93. The number of para-hydroxylation sites is 1. The van der Waals surface area contributed by atoms with E-state index in [0.717, 1.165) is 28.2 Å². The van der Waals surface area contributed by atoms with Gasteiger partial charge in [0.25, 0.3) is 0 Å². The van der Waals surface area contributed by atoms with Crippen molar-refractivity contribution < 1.29 is 4.74 Å². The highest BCUT2D eigenvalue weighted by atomic mass is 35.5. The molecule has 1 aromatic heterocycles. The monoisotopic (exact) mass is 327 g/mol. The molecule has 118 valence electrons. The van der Waals surface area contributed by atoms with Gasteiger partial charge in [0, 0.05) is 16.3 Å². The predicted molar refractivity (Wildman–Crippen MR) is 94.9 cm³/mol. The highest BCUT2D eigenvalue weighted by Crippen LogP contribution is 2.32. The van der Waals surface area contributed by atoms with Crippen LogP contribution in [0.25, 0.3) is 10.9 Å². The van der Waals surface area contributed by atoms with Crippen LogP contribution >= 0.6 is 11.6 Å². The van der Waals surface area contributed by atoms with Crippen LogP contribution in [0.2, 0.25) is 5.02 Å². The Morgan fingerprint density at radius 2 is 1.87 bits per heavy atom. The van der Waals surface area contributed by atoms with Gasteiger partial charge in [-0.25, -0.2) is 9.97 Å². The number of anilines is 2. The average Bonchev–Trinajstić information content (AvgIpc) is 2.55. The molecule has 0 fully saturated rings. The van der Waals surface area contributed by atoms with Gasteiger partial charge in [-0.3, -0.25) is 0 Å². The zero-order valence-electron chi connectivity index (χ0n) is 13.3. The van der Waals surface area contributed by atoms with E-state index in [1.54, 1.807) is 13.2 Å². The average molecular weight is 328 g/mol. The number of aromatic nitrogens is 2. The largest absolute Gasteiger partial charge is 0.495 e. The maximum absolute atomic E-state index is 6.11. The number of rotatable bonds is 4. The minimum atomic E-state index is 0.237. The lowest BCUT2D eigenvalue weighted by Gasteiger charge is -2.14. The highest BCUT2D eigenvalue weighted by Gasteiger charge is 2.12. The minimum Gasteiger partial charge on any atom is -0.495 e. The smallest absolute Gasteiger partial charge is 0.142 e. The van der Waals surface area contributed by atoms with E-state index in [4.69, 9.17) is 16.3 Å². The van der Waals surface area contributed by atoms with Gasteiger partial charge in [-0.1, -0.05) is 37.6 Å². The molecule has 0 atom stereocenters. The van der Waals surface area contributed by atoms with Gasteiger partial charge in [0.1, 0.15) is 17.4 Å². The zero-order chi connectivity index (χ0) is 16.4. The van der Waals surface area contributed by atoms with E-state index in [1.807, 2.05) is 36.4 Å². The third-order valence-electron chi connectivity index (χ3n) is 3.55. The zero-order valence-corrected chi connectivity index (χ0v) is 14.1. The Kier molecular flexibility index (Phi) is 4.35. The first-order chi connectivity index (χ1) is 11.1. The summed E-state index contributed by atoms with van der Waals surface area (Å²) < 4.78 is 5.40. The van der Waals surface area contributed by atoms with E-state index in [2.05, 4.69) is 29.1 Å². The van der Waals surface area contributed by atoms with Crippen LogP contribution in [-0.2, 0) is 0 Å². The van der Waals surface area contributed by atoms with Crippen LogP contribution in [0.4, 0.5) is 11.5 Å². The molecule has 0 bridgehead atoms. The predicted octanol–water partition coefficient (Wildman–Crippen LogP) is 5.16. The first kappa shape index (κ1) is 15.6. The van der Waals surface area contributed by atoms with Gasteiger partial charge in [-0.05, 0) is 30.3 Å². The summed E-state index contributed by atoms with van der Waals surface area (Å²) in [4.78, 5) is 9.31. The molecule has 0 aliphatic heterocycles. The number of nitrogens with zero attached hydrogens (tertiary/aromatic N) is 2. The summed E-state index contributed by atoms with van der Waals surface area (Å²) in [6.07, 6.45) is 0. The molecule has 0 saturated heterocycles. The van der Waals surface area contributed by atoms with Gasteiger partial charge in [0.15, 0.2) is 0 Å². The third kappa shape index (κ3) is 3.22. The molecular weight excluding hydrogens is 310 g/mol. The molecular formula is C18H18ClN3O. The lowest BCUT2D eigenvalue weighted by molar-refractivity contribution is 0.417. The lowest BCUT2D eigenvalue weighted by atomic mass is 10.1. The van der Waals surface area contributed by atoms with Gasteiger partial charge in [0.2, 0.25) is 0 Å². The molecule has 0 aliphatic rings. The topological polar surface area (TPSA) is 47.0 Å². The summed E-state index contributed by atoms with van der Waals surface area (Å²) >= 11 is 6.11. The standard InChI is InChI=1S/C18H18ClN3O/c1-11(2)17-20-14-7-5-4-6-13(14)18(22-17)21-15-10-12(19)8-9-16(15)23-3/h4-11H,1-3H3,(H,20,21,22). The van der Waals surface area contributed by atoms with Crippen LogP contribution in [0.3, 0.4) is 0 Å². The Bertz CT molecular complexity index is 849. The molecule has 3 aromatic rings. The van der Waals surface area contributed by atoms with E-state index in [9.17, 15) is 0 Å². The molecule has 1 N–H and O–H groups in total. The van der Waals surface area contributed by atoms with Crippen molar-refractivity contribution in [2.45, 2.75) is 19.8 Å². The van der Waals surface area contributed by atoms with Crippen LogP contribution in [0, 0.1) is 0 Å². The molecule has 0 amide bonds. The van der Waals surface area contributed by atoms with Gasteiger partial charge in [0.05, 0.1) is 18.3 Å². The second-order valence-corrected chi connectivity index (χ2v) is 6.01. The molecule has 4 nitrogen and oxygen atoms in total. The first-order valence-electron chi connectivity index (χ1n) is 7.45. The first-order valence-corrected chi connectivity index (χ1v) is 7.83. The van der Waals surface area contributed by atoms with Crippen molar-refractivity contribution in [2.75, 3.05) is 12.4 Å². The molecule has 3 rings (SSSR count). The van der Waals surface area contributed by atoms with E-state index in [1.165, 1.54) is 0 Å². The van der Waals surface area contributed by atoms with Crippen LogP contribution in [0.5, 0.6) is 5.75 Å². The molecule has 0 aliphatic carbocycles. The van der Waals surface area contributed by atoms with Crippen molar-refractivity contribution in [3.8, 4) is 5.75 Å². The molecule has 0 saturated carbocycles. The molecule has 0 radical (unpaired) electrons. The summed E-state index contributed by atoms with van der Waals surface area (Å²) in [5.41, 5.74) is 1.69. The Balaban J connectivity index is 2.14. The van der Waals surface area contributed by atoms with Gasteiger partial charge in [-0.15, -0.1) is 0 Å². The molecule has 0 unspecified atom stereocenters. The quantitative estimate of drug-likeness (QED) is 0.719. The highest BCUT2D eigenvalue weighted by molar-refractivity contribution is 6.31. The van der Waals surface area contributed by atoms with Crippen LogP contribution in [-0.4, -0.2) is 17.1 Å². The van der Waals surface area contributed by atoms with Crippen LogP contribution in [0.15, 0.2) is 42.5 Å². The SMILES string of the molecule is COc1ccc(Cl)cc1Nc1nc(C(C)C)nc2ccccc12. The maximum atomic E-state index is 6.11. The number of fused-ring (bicyclic) bond motifs is 1. The fourth-order valence-corrected chi connectivity index (χ4v) is 2.53. The normalized spacial score (nSPS) is 11.0. The second-order valence-electron chi connectivity index (χ2n) is 5.57. The van der Waals surface area contributed by atoms with Gasteiger partial charge in [-0.2, -0.15) is 0 Å². The van der Waals surface area contributed by atoms with Crippen molar-refractivity contribution in [2.24, 2.45) is 0 Å². The Morgan fingerprint density at radius 3 is 2.61 bits per heavy atom. The molecule has 5 heteroatoms. The number of hydrogen-bond donors (Lipinski definition) is 1. The van der Waals surface area contributed by atoms with Crippen molar-refractivity contribution >= 4 is 34.0 Å². The Labute approximate surface area is 140 Å². The molecule has 2 aromatic carbocycles. The minimum absolute atomic E-state index is 0.237. The van der Waals surface area contributed by atoms with E-state index < -0.39 is 0 Å². The Hall–Kier alpha value is -2.33. The number of methoxy groups -OCH3 is 1. The second kappa shape index (κ2) is 6.42. The molecule has 1 heterocycles. The maximum Gasteiger partial charge on any atom is 0.142 e. The fourth-order valence-electron chi connectivity index (χ4n) is 2.35. The lowest BCUT2D eigenvalue weighted by Crippen LogP contribution is -2.04. The van der Waals surface area contributed by atoms with Crippen molar-refractivity contribution in [3.63, 3.8) is 0 Å². The molecule has 23 heavy (non-hydrogen) atoms. The van der Waals surface area contributed by atoms with Gasteiger partial charge >= 0.3 is 0 Å². The van der Waals surface area contributed by atoms with Crippen molar-refractivity contribution in [3.05, 3.63) is 53.3 Å². The number of benzene rings is 2. The molecule has 0 spiro atoms. The third-order valence-corrected chi connectivity index (χ3v) is 3.79.